The van der Waals surface area contributed by atoms with Crippen molar-refractivity contribution in [2.75, 3.05) is 6.54 Å². The summed E-state index contributed by atoms with van der Waals surface area (Å²) in [6.45, 7) is 4.56. The second kappa shape index (κ2) is 10.8. The predicted molar refractivity (Wildman–Crippen MR) is 109 cm³/mol. The molecule has 0 radical (unpaired) electrons. The molecule has 2 rings (SSSR count). The number of nitrogens with zero attached hydrogens (tertiary/aromatic N) is 1. The Morgan fingerprint density at radius 2 is 1.86 bits per heavy atom. The van der Waals surface area contributed by atoms with Crippen molar-refractivity contribution in [1.29, 1.82) is 0 Å². The van der Waals surface area contributed by atoms with Crippen molar-refractivity contribution < 1.29 is 14.0 Å². The highest BCUT2D eigenvalue weighted by atomic mass is 35.5. The fraction of sp³-hybridized carbons (Fsp3) is 0.364. The second-order valence-corrected chi connectivity index (χ2v) is 7.21. The number of rotatable bonds is 9. The molecule has 4 nitrogen and oxygen atoms in total. The minimum absolute atomic E-state index is 0.133. The van der Waals surface area contributed by atoms with Crippen LogP contribution in [0, 0.1) is 5.82 Å². The van der Waals surface area contributed by atoms with Gasteiger partial charge in [0.2, 0.25) is 11.8 Å². The summed E-state index contributed by atoms with van der Waals surface area (Å²) in [6.07, 6.45) is 1.99. The van der Waals surface area contributed by atoms with Crippen molar-refractivity contribution in [3.63, 3.8) is 0 Å². The first-order valence-corrected chi connectivity index (χ1v) is 9.84. The van der Waals surface area contributed by atoms with Gasteiger partial charge in [-0.1, -0.05) is 49.2 Å². The highest BCUT2D eigenvalue weighted by Gasteiger charge is 2.26. The highest BCUT2D eigenvalue weighted by molar-refractivity contribution is 6.30. The minimum Gasteiger partial charge on any atom is -0.354 e. The number of carbonyl (C=O) groups excluding carboxylic acids is 2. The van der Waals surface area contributed by atoms with Crippen LogP contribution in [0.5, 0.6) is 0 Å². The van der Waals surface area contributed by atoms with E-state index in [4.69, 9.17) is 11.6 Å². The molecule has 28 heavy (non-hydrogen) atoms. The molecule has 2 aromatic rings. The van der Waals surface area contributed by atoms with E-state index in [2.05, 4.69) is 5.32 Å². The molecule has 0 bridgehead atoms. The standard InChI is InChI=1S/C22H26ClFN2O2/c1-3-4-12-25-22(28)16(2)26(15-17-8-10-20(24)11-9-17)21(27)14-18-6-5-7-19(23)13-18/h5-11,13,16H,3-4,12,14-15H2,1-2H3,(H,25,28)/t16-/m0/s1. The Morgan fingerprint density at radius 3 is 2.50 bits per heavy atom. The molecule has 0 unspecified atom stereocenters. The first-order valence-electron chi connectivity index (χ1n) is 9.46. The zero-order chi connectivity index (χ0) is 20.5. The molecule has 0 heterocycles. The Hall–Kier alpha value is -2.40. The van der Waals surface area contributed by atoms with Crippen LogP contribution in [0.2, 0.25) is 5.02 Å². The van der Waals surface area contributed by atoms with Crippen molar-refractivity contribution in [3.8, 4) is 0 Å². The smallest absolute Gasteiger partial charge is 0.242 e. The van der Waals surface area contributed by atoms with Crippen LogP contribution in [0.1, 0.15) is 37.8 Å². The molecule has 1 atom stereocenters. The van der Waals surface area contributed by atoms with Gasteiger partial charge in [0.25, 0.3) is 0 Å². The number of hydrogen-bond donors (Lipinski definition) is 1. The summed E-state index contributed by atoms with van der Waals surface area (Å²) >= 11 is 6.01. The molecule has 0 spiro atoms. The van der Waals surface area contributed by atoms with Crippen molar-refractivity contribution in [3.05, 3.63) is 70.5 Å². The number of amides is 2. The molecule has 150 valence electrons. The summed E-state index contributed by atoms with van der Waals surface area (Å²) in [4.78, 5) is 27.1. The molecule has 6 heteroatoms. The van der Waals surface area contributed by atoms with Crippen molar-refractivity contribution in [2.45, 2.75) is 45.7 Å². The summed E-state index contributed by atoms with van der Waals surface area (Å²) in [6, 6.07) is 12.4. The van der Waals surface area contributed by atoms with Crippen molar-refractivity contribution >= 4 is 23.4 Å². The fourth-order valence-electron chi connectivity index (χ4n) is 2.83. The van der Waals surface area contributed by atoms with Gasteiger partial charge in [-0.15, -0.1) is 0 Å². The van der Waals surface area contributed by atoms with Gasteiger partial charge in [-0.3, -0.25) is 9.59 Å². The summed E-state index contributed by atoms with van der Waals surface area (Å²) in [7, 11) is 0. The average molecular weight is 405 g/mol. The van der Waals surface area contributed by atoms with Gasteiger partial charge < -0.3 is 10.2 Å². The van der Waals surface area contributed by atoms with Gasteiger partial charge >= 0.3 is 0 Å². The molecule has 0 saturated carbocycles. The molecule has 0 aliphatic rings. The molecule has 1 N–H and O–H groups in total. The van der Waals surface area contributed by atoms with Crippen LogP contribution in [0.4, 0.5) is 4.39 Å². The third kappa shape index (κ3) is 6.64. The topological polar surface area (TPSA) is 49.4 Å². The summed E-state index contributed by atoms with van der Waals surface area (Å²) in [5.41, 5.74) is 1.54. The molecule has 2 aromatic carbocycles. The van der Waals surface area contributed by atoms with Crippen LogP contribution in [0.3, 0.4) is 0 Å². The Bertz CT molecular complexity index is 795. The number of carbonyl (C=O) groups is 2. The van der Waals surface area contributed by atoms with E-state index in [1.807, 2.05) is 13.0 Å². The van der Waals surface area contributed by atoms with Gasteiger partial charge in [0, 0.05) is 18.1 Å². The Kier molecular flexibility index (Phi) is 8.45. The lowest BCUT2D eigenvalue weighted by Crippen LogP contribution is -2.48. The van der Waals surface area contributed by atoms with E-state index in [0.29, 0.717) is 11.6 Å². The lowest BCUT2D eigenvalue weighted by molar-refractivity contribution is -0.140. The molecule has 0 aliphatic heterocycles. The molecule has 0 saturated heterocycles. The normalized spacial score (nSPS) is 11.7. The zero-order valence-electron chi connectivity index (χ0n) is 16.3. The molecular weight excluding hydrogens is 379 g/mol. The Balaban J connectivity index is 2.17. The summed E-state index contributed by atoms with van der Waals surface area (Å²) in [5.74, 6) is -0.731. The van der Waals surface area contributed by atoms with Gasteiger partial charge in [0.05, 0.1) is 6.42 Å². The lowest BCUT2D eigenvalue weighted by Gasteiger charge is -2.29. The van der Waals surface area contributed by atoms with E-state index in [9.17, 15) is 14.0 Å². The third-order valence-corrected chi connectivity index (χ3v) is 4.74. The predicted octanol–water partition coefficient (Wildman–Crippen LogP) is 4.36. The van der Waals surface area contributed by atoms with Gasteiger partial charge in [0.1, 0.15) is 11.9 Å². The van der Waals surface area contributed by atoms with E-state index >= 15 is 0 Å². The maximum atomic E-state index is 13.2. The van der Waals surface area contributed by atoms with Crippen LogP contribution < -0.4 is 5.32 Å². The molecule has 0 fully saturated rings. The Morgan fingerprint density at radius 1 is 1.14 bits per heavy atom. The lowest BCUT2D eigenvalue weighted by atomic mass is 10.1. The first kappa shape index (κ1) is 21.9. The van der Waals surface area contributed by atoms with Crippen molar-refractivity contribution in [1.82, 2.24) is 10.2 Å². The van der Waals surface area contributed by atoms with Crippen LogP contribution in [-0.2, 0) is 22.6 Å². The summed E-state index contributed by atoms with van der Waals surface area (Å²) < 4.78 is 13.2. The monoisotopic (exact) mass is 404 g/mol. The van der Waals surface area contributed by atoms with E-state index < -0.39 is 6.04 Å². The van der Waals surface area contributed by atoms with Crippen LogP contribution in [-0.4, -0.2) is 29.3 Å². The van der Waals surface area contributed by atoms with E-state index in [1.54, 1.807) is 37.3 Å². The van der Waals surface area contributed by atoms with E-state index in [-0.39, 0.29) is 30.6 Å². The van der Waals surface area contributed by atoms with E-state index in [1.165, 1.54) is 17.0 Å². The number of nitrogens with one attached hydrogen (secondary N) is 1. The number of benzene rings is 2. The quantitative estimate of drug-likeness (QED) is 0.631. The molecular formula is C22H26ClFN2O2. The number of halogens is 2. The van der Waals surface area contributed by atoms with Crippen LogP contribution in [0.15, 0.2) is 48.5 Å². The Labute approximate surface area is 170 Å². The maximum absolute atomic E-state index is 13.2. The molecule has 0 aliphatic carbocycles. The van der Waals surface area contributed by atoms with Crippen LogP contribution in [0.25, 0.3) is 0 Å². The van der Waals surface area contributed by atoms with Crippen LogP contribution >= 0.6 is 11.6 Å². The molecule has 2 amide bonds. The van der Waals surface area contributed by atoms with Gasteiger partial charge in [0.15, 0.2) is 0 Å². The van der Waals surface area contributed by atoms with E-state index in [0.717, 1.165) is 24.0 Å². The fourth-order valence-corrected chi connectivity index (χ4v) is 3.04. The summed E-state index contributed by atoms with van der Waals surface area (Å²) in [5, 5.41) is 3.43. The SMILES string of the molecule is CCCCNC(=O)[C@H](C)N(Cc1ccc(F)cc1)C(=O)Cc1cccc(Cl)c1. The largest absolute Gasteiger partial charge is 0.354 e. The minimum atomic E-state index is -0.645. The second-order valence-electron chi connectivity index (χ2n) is 6.78. The van der Waals surface area contributed by atoms with Gasteiger partial charge in [-0.2, -0.15) is 0 Å². The number of unbranched alkanes of at least 4 members (excludes halogenated alkanes) is 1. The highest BCUT2D eigenvalue weighted by Crippen LogP contribution is 2.15. The average Bonchev–Trinajstić information content (AvgIpc) is 2.67. The van der Waals surface area contributed by atoms with Crippen molar-refractivity contribution in [2.24, 2.45) is 0 Å². The first-order chi connectivity index (χ1) is 13.4. The number of hydrogen-bond acceptors (Lipinski definition) is 2. The molecule has 0 aromatic heterocycles. The maximum Gasteiger partial charge on any atom is 0.242 e. The third-order valence-electron chi connectivity index (χ3n) is 4.51. The zero-order valence-corrected chi connectivity index (χ0v) is 17.0. The van der Waals surface area contributed by atoms with Gasteiger partial charge in [-0.05, 0) is 48.7 Å². The van der Waals surface area contributed by atoms with Gasteiger partial charge in [-0.25, -0.2) is 4.39 Å².